The number of hydrogen-bond acceptors (Lipinski definition) is 2. The second kappa shape index (κ2) is 5.95. The van der Waals surface area contributed by atoms with Gasteiger partial charge in [0.05, 0.1) is 22.2 Å². The normalized spacial score (nSPS) is 10.2. The molecule has 5 heteroatoms. The van der Waals surface area contributed by atoms with E-state index < -0.39 is 0 Å². The van der Waals surface area contributed by atoms with Crippen molar-refractivity contribution in [2.75, 3.05) is 5.32 Å². The van der Waals surface area contributed by atoms with Gasteiger partial charge in [0, 0.05) is 0 Å². The number of rotatable bonds is 3. The fourth-order valence-corrected chi connectivity index (χ4v) is 2.14. The Balaban J connectivity index is 2.10. The number of benzene rings is 2. The first-order valence-electron chi connectivity index (χ1n) is 5.58. The number of phenolic OH excluding ortho intramolecular Hbond substituents is 1. The highest BCUT2D eigenvalue weighted by molar-refractivity contribution is 6.39. The fraction of sp³-hybridized carbons (Fsp3) is 0.0714. The summed E-state index contributed by atoms with van der Waals surface area (Å²) >= 11 is 11.9. The number of amides is 1. The van der Waals surface area contributed by atoms with Crippen molar-refractivity contribution >= 4 is 34.8 Å². The Morgan fingerprint density at radius 3 is 2.37 bits per heavy atom. The van der Waals surface area contributed by atoms with Crippen LogP contribution < -0.4 is 5.32 Å². The highest BCUT2D eigenvalue weighted by Crippen LogP contribution is 2.29. The number of carbonyl (C=O) groups excluding carboxylic acids is 1. The summed E-state index contributed by atoms with van der Waals surface area (Å²) in [5.41, 5.74) is 1.11. The minimum Gasteiger partial charge on any atom is -0.508 e. The molecule has 2 aromatic carbocycles. The molecule has 0 saturated carbocycles. The van der Waals surface area contributed by atoms with Crippen molar-refractivity contribution in [1.82, 2.24) is 0 Å². The van der Waals surface area contributed by atoms with E-state index in [9.17, 15) is 9.90 Å². The molecule has 0 unspecified atom stereocenters. The maximum atomic E-state index is 11.9. The molecule has 0 bridgehead atoms. The predicted octanol–water partition coefficient (Wildman–Crippen LogP) is 3.88. The molecule has 0 fully saturated rings. The van der Waals surface area contributed by atoms with E-state index in [0.29, 0.717) is 21.3 Å². The van der Waals surface area contributed by atoms with Gasteiger partial charge >= 0.3 is 0 Å². The standard InChI is InChI=1S/C14H11Cl2NO2/c15-11-5-2-6-12(16)14(11)17-13(19)8-9-3-1-4-10(18)7-9/h1-7,18H,8H2,(H,17,19). The topological polar surface area (TPSA) is 49.3 Å². The van der Waals surface area contributed by atoms with Gasteiger partial charge in [0.2, 0.25) is 5.91 Å². The second-order valence-corrected chi connectivity index (χ2v) is 4.81. The molecule has 0 aliphatic carbocycles. The van der Waals surface area contributed by atoms with Gasteiger partial charge in [0.25, 0.3) is 0 Å². The van der Waals surface area contributed by atoms with Crippen LogP contribution in [0.1, 0.15) is 5.56 Å². The third-order valence-electron chi connectivity index (χ3n) is 2.50. The van der Waals surface area contributed by atoms with Crippen LogP contribution in [0.5, 0.6) is 5.75 Å². The van der Waals surface area contributed by atoms with Gasteiger partial charge in [0.15, 0.2) is 0 Å². The van der Waals surface area contributed by atoms with Gasteiger partial charge < -0.3 is 10.4 Å². The van der Waals surface area contributed by atoms with Crippen LogP contribution in [0.2, 0.25) is 10.0 Å². The molecule has 19 heavy (non-hydrogen) atoms. The summed E-state index contributed by atoms with van der Waals surface area (Å²) in [6.45, 7) is 0. The lowest BCUT2D eigenvalue weighted by molar-refractivity contribution is -0.115. The van der Waals surface area contributed by atoms with Crippen LogP contribution in [0.3, 0.4) is 0 Å². The third-order valence-corrected chi connectivity index (χ3v) is 3.13. The predicted molar refractivity (Wildman–Crippen MR) is 76.9 cm³/mol. The van der Waals surface area contributed by atoms with Crippen LogP contribution in [0.25, 0.3) is 0 Å². The van der Waals surface area contributed by atoms with Gasteiger partial charge in [-0.15, -0.1) is 0 Å². The maximum Gasteiger partial charge on any atom is 0.228 e. The lowest BCUT2D eigenvalue weighted by Gasteiger charge is -2.09. The van der Waals surface area contributed by atoms with E-state index >= 15 is 0 Å². The quantitative estimate of drug-likeness (QED) is 0.903. The van der Waals surface area contributed by atoms with E-state index in [4.69, 9.17) is 23.2 Å². The van der Waals surface area contributed by atoms with Crippen LogP contribution in [-0.2, 0) is 11.2 Å². The number of carbonyl (C=O) groups is 1. The SMILES string of the molecule is O=C(Cc1cccc(O)c1)Nc1c(Cl)cccc1Cl. The molecular formula is C14H11Cl2NO2. The zero-order chi connectivity index (χ0) is 13.8. The Kier molecular flexibility index (Phi) is 4.30. The van der Waals surface area contributed by atoms with Crippen LogP contribution in [0.4, 0.5) is 5.69 Å². The summed E-state index contributed by atoms with van der Waals surface area (Å²) in [6, 6.07) is 11.5. The number of phenols is 1. The minimum atomic E-state index is -0.249. The highest BCUT2D eigenvalue weighted by atomic mass is 35.5. The molecule has 0 aliphatic rings. The zero-order valence-electron chi connectivity index (χ0n) is 9.86. The van der Waals surface area contributed by atoms with E-state index in [1.54, 1.807) is 36.4 Å². The Morgan fingerprint density at radius 1 is 1.11 bits per heavy atom. The summed E-state index contributed by atoms with van der Waals surface area (Å²) in [4.78, 5) is 11.9. The lowest BCUT2D eigenvalue weighted by Crippen LogP contribution is -2.14. The Morgan fingerprint density at radius 2 is 1.74 bits per heavy atom. The van der Waals surface area contributed by atoms with Crippen LogP contribution >= 0.6 is 23.2 Å². The lowest BCUT2D eigenvalue weighted by atomic mass is 10.1. The summed E-state index contributed by atoms with van der Waals surface area (Å²) < 4.78 is 0. The van der Waals surface area contributed by atoms with Gasteiger partial charge in [-0.25, -0.2) is 0 Å². The van der Waals surface area contributed by atoms with Crippen molar-refractivity contribution < 1.29 is 9.90 Å². The van der Waals surface area contributed by atoms with Crippen molar-refractivity contribution in [3.05, 3.63) is 58.1 Å². The number of nitrogens with one attached hydrogen (secondary N) is 1. The van der Waals surface area contributed by atoms with E-state index in [-0.39, 0.29) is 18.1 Å². The Hall–Kier alpha value is -1.71. The van der Waals surface area contributed by atoms with E-state index in [0.717, 1.165) is 0 Å². The highest BCUT2D eigenvalue weighted by Gasteiger charge is 2.10. The van der Waals surface area contributed by atoms with Crippen LogP contribution in [-0.4, -0.2) is 11.0 Å². The first-order valence-corrected chi connectivity index (χ1v) is 6.33. The van der Waals surface area contributed by atoms with Crippen molar-refractivity contribution in [2.45, 2.75) is 6.42 Å². The average molecular weight is 296 g/mol. The summed E-state index contributed by atoms with van der Waals surface area (Å²) in [7, 11) is 0. The first kappa shape index (κ1) is 13.7. The van der Waals surface area contributed by atoms with Crippen molar-refractivity contribution in [3.8, 4) is 5.75 Å². The molecule has 0 heterocycles. The van der Waals surface area contributed by atoms with E-state index in [1.165, 1.54) is 6.07 Å². The molecule has 2 aromatic rings. The second-order valence-electron chi connectivity index (χ2n) is 3.99. The Labute approximate surface area is 120 Å². The number of aromatic hydroxyl groups is 1. The maximum absolute atomic E-state index is 11.9. The molecule has 0 radical (unpaired) electrons. The molecule has 1 amide bonds. The number of hydrogen-bond donors (Lipinski definition) is 2. The summed E-state index contributed by atoms with van der Waals surface area (Å²) in [6.07, 6.45) is 0.135. The average Bonchev–Trinajstić information content (AvgIpc) is 2.34. The zero-order valence-corrected chi connectivity index (χ0v) is 11.4. The molecule has 0 saturated heterocycles. The number of halogens is 2. The largest absolute Gasteiger partial charge is 0.508 e. The number of para-hydroxylation sites is 1. The molecule has 2 N–H and O–H groups in total. The smallest absolute Gasteiger partial charge is 0.228 e. The van der Waals surface area contributed by atoms with Gasteiger partial charge in [-0.2, -0.15) is 0 Å². The Bertz CT molecular complexity index is 594. The van der Waals surface area contributed by atoms with Crippen molar-refractivity contribution in [3.63, 3.8) is 0 Å². The van der Waals surface area contributed by atoms with Gasteiger partial charge in [0.1, 0.15) is 5.75 Å². The molecule has 2 rings (SSSR count). The van der Waals surface area contributed by atoms with Gasteiger partial charge in [-0.05, 0) is 29.8 Å². The molecule has 0 aromatic heterocycles. The minimum absolute atomic E-state index is 0.126. The summed E-state index contributed by atoms with van der Waals surface area (Å²) in [5.74, 6) is -0.123. The van der Waals surface area contributed by atoms with E-state index in [1.807, 2.05) is 0 Å². The monoisotopic (exact) mass is 295 g/mol. The summed E-state index contributed by atoms with van der Waals surface area (Å²) in [5, 5.41) is 12.8. The molecule has 0 spiro atoms. The van der Waals surface area contributed by atoms with Crippen molar-refractivity contribution in [2.24, 2.45) is 0 Å². The molecular weight excluding hydrogens is 285 g/mol. The fourth-order valence-electron chi connectivity index (χ4n) is 1.65. The van der Waals surface area contributed by atoms with E-state index in [2.05, 4.69) is 5.32 Å². The first-order chi connectivity index (χ1) is 9.06. The van der Waals surface area contributed by atoms with Crippen LogP contribution in [0.15, 0.2) is 42.5 Å². The van der Waals surface area contributed by atoms with Crippen molar-refractivity contribution in [1.29, 1.82) is 0 Å². The van der Waals surface area contributed by atoms with Crippen LogP contribution in [0, 0.1) is 0 Å². The number of anilines is 1. The molecule has 0 atom stereocenters. The molecule has 98 valence electrons. The third kappa shape index (κ3) is 3.63. The van der Waals surface area contributed by atoms with Gasteiger partial charge in [-0.1, -0.05) is 41.4 Å². The van der Waals surface area contributed by atoms with Gasteiger partial charge in [-0.3, -0.25) is 4.79 Å². The molecule has 3 nitrogen and oxygen atoms in total. The molecule has 0 aliphatic heterocycles.